The van der Waals surface area contributed by atoms with Crippen molar-refractivity contribution >= 4 is 17.0 Å². The third-order valence-corrected chi connectivity index (χ3v) is 3.20. The average Bonchev–Trinajstić information content (AvgIpc) is 2.49. The van der Waals surface area contributed by atoms with Gasteiger partial charge in [0, 0.05) is 4.91 Å². The molecular formula is C14H16N2O5. The van der Waals surface area contributed by atoms with E-state index in [9.17, 15) is 14.9 Å². The number of hydrogen-bond acceptors (Lipinski definition) is 5. The molecule has 0 amide bonds. The number of carbonyl (C=O) groups excluding carboxylic acids is 1. The summed E-state index contributed by atoms with van der Waals surface area (Å²) >= 11 is 0. The maximum atomic E-state index is 12.4. The Morgan fingerprint density at radius 2 is 2.14 bits per heavy atom. The molecule has 0 bridgehead atoms. The van der Waals surface area contributed by atoms with E-state index >= 15 is 0 Å². The number of methoxy groups -OCH3 is 1. The Bertz CT molecular complexity index is 751. The highest BCUT2D eigenvalue weighted by Crippen LogP contribution is 2.19. The van der Waals surface area contributed by atoms with Gasteiger partial charge in [-0.15, -0.1) is 0 Å². The summed E-state index contributed by atoms with van der Waals surface area (Å²) in [6.45, 7) is 3.39. The van der Waals surface area contributed by atoms with E-state index in [1.54, 1.807) is 13.0 Å². The number of ether oxygens (including phenoxy) is 2. The van der Waals surface area contributed by atoms with Crippen LogP contribution in [0.4, 0.5) is 0 Å². The molecule has 0 fully saturated rings. The molecule has 0 spiro atoms. The molecule has 0 aliphatic carbocycles. The van der Waals surface area contributed by atoms with Gasteiger partial charge >= 0.3 is 5.97 Å². The molecule has 7 nitrogen and oxygen atoms in total. The first-order chi connectivity index (χ1) is 9.99. The van der Waals surface area contributed by atoms with Crippen molar-refractivity contribution in [1.29, 1.82) is 0 Å². The topological polar surface area (TPSA) is 86.5 Å². The SMILES string of the molecule is CCOC(=O)Cc1c(C)n([O-])c2ccc(OC)cc2[n+]1=O. The normalized spacial score (nSPS) is 10.6. The van der Waals surface area contributed by atoms with Gasteiger partial charge in [0.25, 0.3) is 11.2 Å². The van der Waals surface area contributed by atoms with E-state index < -0.39 is 5.97 Å². The third-order valence-electron chi connectivity index (χ3n) is 3.20. The summed E-state index contributed by atoms with van der Waals surface area (Å²) in [5.41, 5.74) is 0.616. The van der Waals surface area contributed by atoms with Crippen molar-refractivity contribution in [1.82, 2.24) is 4.73 Å². The highest BCUT2D eigenvalue weighted by atomic mass is 16.5. The van der Waals surface area contributed by atoms with Crippen molar-refractivity contribution in [2.24, 2.45) is 0 Å². The first-order valence-electron chi connectivity index (χ1n) is 6.47. The minimum absolute atomic E-state index is 0.0733. The van der Waals surface area contributed by atoms with E-state index in [1.165, 1.54) is 26.2 Å². The second kappa shape index (κ2) is 5.82. The molecule has 0 aliphatic rings. The Morgan fingerprint density at radius 1 is 1.43 bits per heavy atom. The van der Waals surface area contributed by atoms with Crippen LogP contribution in [0, 0.1) is 17.0 Å². The van der Waals surface area contributed by atoms with Crippen LogP contribution in [0.2, 0.25) is 0 Å². The highest BCUT2D eigenvalue weighted by molar-refractivity contribution is 5.76. The monoisotopic (exact) mass is 292 g/mol. The van der Waals surface area contributed by atoms with E-state index in [-0.39, 0.29) is 35.4 Å². The molecule has 0 atom stereocenters. The van der Waals surface area contributed by atoms with Crippen molar-refractivity contribution in [2.75, 3.05) is 13.7 Å². The Kier molecular flexibility index (Phi) is 4.11. The summed E-state index contributed by atoms with van der Waals surface area (Å²) in [4.78, 5) is 24.0. The fourth-order valence-corrected chi connectivity index (χ4v) is 2.10. The van der Waals surface area contributed by atoms with Gasteiger partial charge in [0.1, 0.15) is 17.7 Å². The summed E-state index contributed by atoms with van der Waals surface area (Å²) in [5.74, 6) is -0.0921. The van der Waals surface area contributed by atoms with Crippen LogP contribution >= 0.6 is 0 Å². The molecule has 0 saturated carbocycles. The fraction of sp³-hybridized carbons (Fsp3) is 0.357. The second-order valence-corrected chi connectivity index (χ2v) is 4.46. The van der Waals surface area contributed by atoms with Gasteiger partial charge in [-0.2, -0.15) is 0 Å². The molecule has 2 rings (SSSR count). The van der Waals surface area contributed by atoms with Crippen molar-refractivity contribution in [2.45, 2.75) is 20.3 Å². The summed E-state index contributed by atoms with van der Waals surface area (Å²) in [6, 6.07) is 4.57. The van der Waals surface area contributed by atoms with Crippen molar-refractivity contribution < 1.29 is 18.7 Å². The first kappa shape index (κ1) is 14.8. The number of carbonyl (C=O) groups is 1. The van der Waals surface area contributed by atoms with Crippen LogP contribution in [0.3, 0.4) is 0 Å². The van der Waals surface area contributed by atoms with Gasteiger partial charge in [0.15, 0.2) is 0 Å². The Hall–Kier alpha value is -2.57. The van der Waals surface area contributed by atoms with Crippen LogP contribution in [0.1, 0.15) is 18.3 Å². The zero-order valence-corrected chi connectivity index (χ0v) is 12.1. The molecule has 1 aromatic heterocycles. The number of fused-ring (bicyclic) bond motifs is 1. The molecule has 1 heterocycles. The van der Waals surface area contributed by atoms with Crippen LogP contribution in [0.15, 0.2) is 18.2 Å². The zero-order chi connectivity index (χ0) is 15.6. The number of rotatable bonds is 4. The lowest BCUT2D eigenvalue weighted by Gasteiger charge is -2.16. The van der Waals surface area contributed by atoms with E-state index in [0.29, 0.717) is 14.9 Å². The molecule has 7 heteroatoms. The fourth-order valence-electron chi connectivity index (χ4n) is 2.10. The highest BCUT2D eigenvalue weighted by Gasteiger charge is 2.23. The van der Waals surface area contributed by atoms with Gasteiger partial charge in [-0.05, 0) is 26.0 Å². The van der Waals surface area contributed by atoms with Crippen molar-refractivity contribution in [3.05, 3.63) is 39.7 Å². The minimum Gasteiger partial charge on any atom is -0.805 e. The third kappa shape index (κ3) is 2.67. The molecule has 1 aromatic carbocycles. The molecule has 0 saturated heterocycles. The first-order valence-corrected chi connectivity index (χ1v) is 6.47. The molecule has 2 aromatic rings. The van der Waals surface area contributed by atoms with Crippen LogP contribution in [0.25, 0.3) is 11.0 Å². The van der Waals surface area contributed by atoms with Crippen LogP contribution in [-0.2, 0) is 16.0 Å². The molecule has 112 valence electrons. The number of nitrogens with zero attached hydrogens (tertiary/aromatic N) is 2. The van der Waals surface area contributed by atoms with Gasteiger partial charge in [-0.1, -0.05) is 0 Å². The van der Waals surface area contributed by atoms with Crippen LogP contribution < -0.4 is 9.16 Å². The number of aromatic nitrogens is 2. The average molecular weight is 292 g/mol. The summed E-state index contributed by atoms with van der Waals surface area (Å²) in [5, 5.41) is 12.2. The number of benzene rings is 1. The summed E-state index contributed by atoms with van der Waals surface area (Å²) < 4.78 is 11.1. The molecule has 0 aliphatic heterocycles. The minimum atomic E-state index is -0.549. The number of hydrogen-bond donors (Lipinski definition) is 0. The molecule has 0 unspecified atom stereocenters. The Morgan fingerprint density at radius 3 is 2.76 bits per heavy atom. The summed E-state index contributed by atoms with van der Waals surface area (Å²) in [6.07, 6.45) is -0.251. The van der Waals surface area contributed by atoms with Crippen LogP contribution in [0.5, 0.6) is 5.75 Å². The quantitative estimate of drug-likeness (QED) is 0.626. The van der Waals surface area contributed by atoms with E-state index in [0.717, 1.165) is 0 Å². The molecule has 0 radical (unpaired) electrons. The molecular weight excluding hydrogens is 276 g/mol. The lowest BCUT2D eigenvalue weighted by Crippen LogP contribution is -2.29. The lowest BCUT2D eigenvalue weighted by atomic mass is 10.2. The van der Waals surface area contributed by atoms with E-state index in [1.807, 2.05) is 0 Å². The van der Waals surface area contributed by atoms with Gasteiger partial charge in [0.05, 0.1) is 29.9 Å². The molecule has 0 N–H and O–H groups in total. The van der Waals surface area contributed by atoms with Crippen LogP contribution in [-0.4, -0.2) is 24.4 Å². The van der Waals surface area contributed by atoms with Crippen molar-refractivity contribution in [3.8, 4) is 5.75 Å². The molecule has 21 heavy (non-hydrogen) atoms. The standard InChI is InChI=1S/C14H16N2O5/c1-4-21-14(17)8-12-9(2)15(18)11-6-5-10(20-3)7-13(11)16(12)19/h5-7H,4,8H2,1-3H3. The Labute approximate surface area is 120 Å². The Balaban J connectivity index is 2.65. The number of esters is 1. The predicted molar refractivity (Wildman–Crippen MR) is 75.7 cm³/mol. The van der Waals surface area contributed by atoms with E-state index in [4.69, 9.17) is 9.47 Å². The maximum Gasteiger partial charge on any atom is 0.316 e. The van der Waals surface area contributed by atoms with Gasteiger partial charge in [-0.3, -0.25) is 4.79 Å². The summed E-state index contributed by atoms with van der Waals surface area (Å²) in [7, 11) is 1.47. The maximum absolute atomic E-state index is 12.4. The van der Waals surface area contributed by atoms with Gasteiger partial charge < -0.3 is 19.4 Å². The second-order valence-electron chi connectivity index (χ2n) is 4.46. The predicted octanol–water partition coefficient (Wildman–Crippen LogP) is 1.32. The lowest BCUT2D eigenvalue weighted by molar-refractivity contribution is -0.475. The van der Waals surface area contributed by atoms with Gasteiger partial charge in [-0.25, -0.2) is 0 Å². The zero-order valence-electron chi connectivity index (χ0n) is 12.1. The van der Waals surface area contributed by atoms with E-state index in [2.05, 4.69) is 0 Å². The smallest absolute Gasteiger partial charge is 0.316 e. The largest absolute Gasteiger partial charge is 0.805 e. The van der Waals surface area contributed by atoms with Gasteiger partial charge in [0.2, 0.25) is 0 Å². The van der Waals surface area contributed by atoms with Crippen molar-refractivity contribution in [3.63, 3.8) is 0 Å².